The highest BCUT2D eigenvalue weighted by Gasteiger charge is 2.28. The SMILES string of the molecule is N#Cc1ccc(N2CCC[C@@H]2c2ccc3c(c2)OCCCO3)nc1. The molecule has 2 aliphatic heterocycles. The summed E-state index contributed by atoms with van der Waals surface area (Å²) in [4.78, 5) is 6.76. The van der Waals surface area contributed by atoms with Crippen molar-refractivity contribution in [1.82, 2.24) is 4.98 Å². The molecule has 0 amide bonds. The lowest BCUT2D eigenvalue weighted by Gasteiger charge is -2.26. The van der Waals surface area contributed by atoms with E-state index in [9.17, 15) is 0 Å². The smallest absolute Gasteiger partial charge is 0.161 e. The van der Waals surface area contributed by atoms with Crippen molar-refractivity contribution in [3.8, 4) is 17.6 Å². The number of nitrogens with zero attached hydrogens (tertiary/aromatic N) is 3. The zero-order valence-electron chi connectivity index (χ0n) is 13.4. The summed E-state index contributed by atoms with van der Waals surface area (Å²) in [6, 6.07) is 12.4. The highest BCUT2D eigenvalue weighted by atomic mass is 16.5. The van der Waals surface area contributed by atoms with Crippen LogP contribution in [-0.4, -0.2) is 24.7 Å². The summed E-state index contributed by atoms with van der Waals surface area (Å²) in [7, 11) is 0. The second-order valence-electron chi connectivity index (χ2n) is 6.12. The number of benzene rings is 1. The van der Waals surface area contributed by atoms with Crippen LogP contribution in [0.1, 0.15) is 36.4 Å². The van der Waals surface area contributed by atoms with Gasteiger partial charge >= 0.3 is 0 Å². The molecule has 1 saturated heterocycles. The number of hydrogen-bond acceptors (Lipinski definition) is 5. The molecule has 1 fully saturated rings. The lowest BCUT2D eigenvalue weighted by atomic mass is 10.0. The van der Waals surface area contributed by atoms with Crippen molar-refractivity contribution in [3.05, 3.63) is 47.7 Å². The maximum atomic E-state index is 8.93. The minimum absolute atomic E-state index is 0.280. The fourth-order valence-corrected chi connectivity index (χ4v) is 3.40. The lowest BCUT2D eigenvalue weighted by molar-refractivity contribution is 0.297. The Kier molecular flexibility index (Phi) is 3.96. The number of hydrogen-bond donors (Lipinski definition) is 0. The van der Waals surface area contributed by atoms with Crippen molar-refractivity contribution in [2.24, 2.45) is 0 Å². The fourth-order valence-electron chi connectivity index (χ4n) is 3.40. The third-order valence-corrected chi connectivity index (χ3v) is 4.58. The molecule has 0 unspecified atom stereocenters. The minimum atomic E-state index is 0.280. The van der Waals surface area contributed by atoms with Gasteiger partial charge in [0.05, 0.1) is 24.8 Å². The van der Waals surface area contributed by atoms with E-state index in [1.54, 1.807) is 6.20 Å². The van der Waals surface area contributed by atoms with E-state index in [2.05, 4.69) is 28.1 Å². The molecule has 0 radical (unpaired) electrons. The summed E-state index contributed by atoms with van der Waals surface area (Å²) in [5.41, 5.74) is 1.81. The van der Waals surface area contributed by atoms with E-state index in [1.165, 1.54) is 5.56 Å². The number of pyridine rings is 1. The Hall–Kier alpha value is -2.74. The summed E-state index contributed by atoms with van der Waals surface area (Å²) in [6.07, 6.45) is 4.76. The monoisotopic (exact) mass is 321 g/mol. The molecule has 1 aromatic heterocycles. The molecule has 24 heavy (non-hydrogen) atoms. The van der Waals surface area contributed by atoms with Gasteiger partial charge in [-0.15, -0.1) is 0 Å². The van der Waals surface area contributed by atoms with Crippen LogP contribution in [0.3, 0.4) is 0 Å². The topological polar surface area (TPSA) is 58.4 Å². The van der Waals surface area contributed by atoms with E-state index < -0.39 is 0 Å². The van der Waals surface area contributed by atoms with Gasteiger partial charge in [0.25, 0.3) is 0 Å². The quantitative estimate of drug-likeness (QED) is 0.848. The predicted octanol–water partition coefficient (Wildman–Crippen LogP) is 3.46. The number of fused-ring (bicyclic) bond motifs is 1. The highest BCUT2D eigenvalue weighted by Crippen LogP contribution is 2.39. The zero-order chi connectivity index (χ0) is 16.4. The zero-order valence-corrected chi connectivity index (χ0v) is 13.4. The number of ether oxygens (including phenoxy) is 2. The van der Waals surface area contributed by atoms with Crippen LogP contribution in [0.15, 0.2) is 36.5 Å². The Bertz CT molecular complexity index is 767. The van der Waals surface area contributed by atoms with Crippen molar-refractivity contribution < 1.29 is 9.47 Å². The Morgan fingerprint density at radius 1 is 1.08 bits per heavy atom. The summed E-state index contributed by atoms with van der Waals surface area (Å²) >= 11 is 0. The van der Waals surface area contributed by atoms with Gasteiger partial charge in [-0.25, -0.2) is 4.98 Å². The van der Waals surface area contributed by atoms with Crippen LogP contribution in [0.25, 0.3) is 0 Å². The maximum absolute atomic E-state index is 8.93. The summed E-state index contributed by atoms with van der Waals surface area (Å²) < 4.78 is 11.5. The Morgan fingerprint density at radius 3 is 2.75 bits per heavy atom. The molecule has 0 N–H and O–H groups in total. The predicted molar refractivity (Wildman–Crippen MR) is 90.3 cm³/mol. The van der Waals surface area contributed by atoms with Crippen LogP contribution in [0.5, 0.6) is 11.5 Å². The fraction of sp³-hybridized carbons (Fsp3) is 0.368. The van der Waals surface area contributed by atoms with Crippen LogP contribution in [-0.2, 0) is 0 Å². The average molecular weight is 321 g/mol. The second-order valence-corrected chi connectivity index (χ2v) is 6.12. The van der Waals surface area contributed by atoms with Gasteiger partial charge in [0.2, 0.25) is 0 Å². The first kappa shape index (κ1) is 14.8. The molecule has 1 atom stereocenters. The molecule has 1 aromatic carbocycles. The van der Waals surface area contributed by atoms with Crippen LogP contribution in [0, 0.1) is 11.3 Å². The standard InChI is InChI=1S/C19H19N3O2/c20-12-14-4-7-19(21-13-14)22-8-1-3-16(22)15-5-6-17-18(11-15)24-10-2-9-23-17/h4-7,11,13,16H,1-3,8-10H2/t16-/m1/s1. The molecule has 5 heteroatoms. The molecule has 3 heterocycles. The molecule has 0 saturated carbocycles. The van der Waals surface area contributed by atoms with Gasteiger partial charge in [-0.1, -0.05) is 6.07 Å². The van der Waals surface area contributed by atoms with Crippen molar-refractivity contribution in [2.75, 3.05) is 24.7 Å². The molecule has 5 nitrogen and oxygen atoms in total. The van der Waals surface area contributed by atoms with E-state index >= 15 is 0 Å². The Labute approximate surface area is 141 Å². The third-order valence-electron chi connectivity index (χ3n) is 4.58. The molecule has 0 spiro atoms. The summed E-state index contributed by atoms with van der Waals surface area (Å²) in [5, 5.41) is 8.93. The molecule has 0 bridgehead atoms. The van der Waals surface area contributed by atoms with Crippen molar-refractivity contribution in [3.63, 3.8) is 0 Å². The van der Waals surface area contributed by atoms with Crippen LogP contribution >= 0.6 is 0 Å². The van der Waals surface area contributed by atoms with Gasteiger partial charge in [0, 0.05) is 19.2 Å². The molecule has 0 aliphatic carbocycles. The van der Waals surface area contributed by atoms with Crippen LogP contribution < -0.4 is 14.4 Å². The number of nitriles is 1. The van der Waals surface area contributed by atoms with Gasteiger partial charge < -0.3 is 14.4 Å². The van der Waals surface area contributed by atoms with Crippen LogP contribution in [0.4, 0.5) is 5.82 Å². The largest absolute Gasteiger partial charge is 0.490 e. The number of rotatable bonds is 2. The van der Waals surface area contributed by atoms with Gasteiger partial charge in [0.15, 0.2) is 11.5 Å². The van der Waals surface area contributed by atoms with E-state index in [-0.39, 0.29) is 6.04 Å². The molecule has 2 aliphatic rings. The maximum Gasteiger partial charge on any atom is 0.161 e. The third kappa shape index (κ3) is 2.76. The molecule has 2 aromatic rings. The first-order valence-electron chi connectivity index (χ1n) is 8.37. The molecular formula is C19H19N3O2. The van der Waals surface area contributed by atoms with Gasteiger partial charge in [0.1, 0.15) is 11.9 Å². The van der Waals surface area contributed by atoms with Crippen molar-refractivity contribution >= 4 is 5.82 Å². The molecule has 4 rings (SSSR count). The van der Waals surface area contributed by atoms with Crippen LogP contribution in [0.2, 0.25) is 0 Å². The molecular weight excluding hydrogens is 302 g/mol. The van der Waals surface area contributed by atoms with E-state index in [0.717, 1.165) is 43.1 Å². The molecule has 122 valence electrons. The second kappa shape index (κ2) is 6.40. The minimum Gasteiger partial charge on any atom is -0.490 e. The number of anilines is 1. The first-order valence-corrected chi connectivity index (χ1v) is 8.37. The van der Waals surface area contributed by atoms with Crippen molar-refractivity contribution in [2.45, 2.75) is 25.3 Å². The average Bonchev–Trinajstić information content (AvgIpc) is 3.00. The Balaban J connectivity index is 1.62. The highest BCUT2D eigenvalue weighted by molar-refractivity contribution is 5.50. The lowest BCUT2D eigenvalue weighted by Crippen LogP contribution is -2.23. The van der Waals surface area contributed by atoms with Gasteiger partial charge in [-0.3, -0.25) is 0 Å². The van der Waals surface area contributed by atoms with Gasteiger partial charge in [-0.05, 0) is 42.7 Å². The summed E-state index contributed by atoms with van der Waals surface area (Å²) in [6.45, 7) is 2.37. The Morgan fingerprint density at radius 2 is 1.96 bits per heavy atom. The summed E-state index contributed by atoms with van der Waals surface area (Å²) in [5.74, 6) is 2.59. The van der Waals surface area contributed by atoms with E-state index in [4.69, 9.17) is 14.7 Å². The van der Waals surface area contributed by atoms with Gasteiger partial charge in [-0.2, -0.15) is 5.26 Å². The number of aromatic nitrogens is 1. The normalized spacial score (nSPS) is 19.6. The van der Waals surface area contributed by atoms with Crippen molar-refractivity contribution in [1.29, 1.82) is 5.26 Å². The first-order chi connectivity index (χ1) is 11.8. The van der Waals surface area contributed by atoms with E-state index in [1.807, 2.05) is 18.2 Å². The van der Waals surface area contributed by atoms with E-state index in [0.29, 0.717) is 18.8 Å².